The van der Waals surface area contributed by atoms with Gasteiger partial charge in [0.2, 0.25) is 0 Å². The first-order chi connectivity index (χ1) is 7.48. The molecule has 0 saturated carbocycles. The second-order valence-electron chi connectivity index (χ2n) is 4.96. The summed E-state index contributed by atoms with van der Waals surface area (Å²) in [6, 6.07) is -0.654. The fourth-order valence-corrected chi connectivity index (χ4v) is 1.80. The molecule has 0 radical (unpaired) electrons. The van der Waals surface area contributed by atoms with Crippen LogP contribution in [0.3, 0.4) is 0 Å². The molecule has 17 heavy (non-hydrogen) atoms. The highest BCUT2D eigenvalue weighted by Gasteiger charge is 2.57. The molecule has 0 spiro atoms. The van der Waals surface area contributed by atoms with Crippen LogP contribution in [0.4, 0.5) is 9.18 Å². The predicted octanol–water partition coefficient (Wildman–Crippen LogP) is 1.56. The molecule has 1 fully saturated rings. The van der Waals surface area contributed by atoms with Crippen molar-refractivity contribution in [3.05, 3.63) is 0 Å². The first-order valence-corrected chi connectivity index (χ1v) is 5.47. The van der Waals surface area contributed by atoms with Crippen LogP contribution in [0.5, 0.6) is 0 Å². The Kier molecular flexibility index (Phi) is 3.42. The van der Waals surface area contributed by atoms with Crippen molar-refractivity contribution in [2.45, 2.75) is 37.7 Å². The van der Waals surface area contributed by atoms with Crippen LogP contribution >= 0.6 is 11.6 Å². The quantitative estimate of drug-likeness (QED) is 0.677. The summed E-state index contributed by atoms with van der Waals surface area (Å²) in [6.45, 7) is 5.04. The fourth-order valence-electron chi connectivity index (χ4n) is 1.48. The summed E-state index contributed by atoms with van der Waals surface area (Å²) < 4.78 is 19.5. The largest absolute Gasteiger partial charge is 0.347 e. The third kappa shape index (κ3) is 2.52. The summed E-state index contributed by atoms with van der Waals surface area (Å²) in [4.78, 5) is 24.8. The molecule has 98 valence electrons. The number of hydrogen-bond acceptors (Lipinski definition) is 3. The van der Waals surface area contributed by atoms with Crippen molar-refractivity contribution in [2.75, 3.05) is 14.1 Å². The summed E-state index contributed by atoms with van der Waals surface area (Å²) >= 11 is 5.57. The highest BCUT2D eigenvalue weighted by molar-refractivity contribution is 6.35. The average molecular weight is 267 g/mol. The lowest BCUT2D eigenvalue weighted by Crippen LogP contribution is -2.66. The van der Waals surface area contributed by atoms with Crippen LogP contribution < -0.4 is 0 Å². The van der Waals surface area contributed by atoms with E-state index in [1.54, 1.807) is 20.8 Å². The number of hydrogen-bond donors (Lipinski definition) is 0. The van der Waals surface area contributed by atoms with E-state index in [1.165, 1.54) is 14.1 Å². The maximum absolute atomic E-state index is 14.2. The Morgan fingerprint density at radius 2 is 1.82 bits per heavy atom. The van der Waals surface area contributed by atoms with E-state index in [2.05, 4.69) is 0 Å². The molecule has 0 aliphatic carbocycles. The van der Waals surface area contributed by atoms with Gasteiger partial charge in [0.1, 0.15) is 0 Å². The summed E-state index contributed by atoms with van der Waals surface area (Å²) in [5.74, 6) is -1.11. The Labute approximate surface area is 104 Å². The zero-order chi connectivity index (χ0) is 13.6. The maximum atomic E-state index is 14.2. The molecule has 3 amide bonds. The lowest BCUT2D eigenvalue weighted by Gasteiger charge is -2.44. The number of rotatable bonds is 1. The number of alkyl halides is 2. The molecule has 0 N–H and O–H groups in total. The standard InChI is InChI=1S/C10H16ClFN2O3/c1-9(2,3)17-7-10(11,12)6(15)13(4)8(16)14(7)5/h7H,1-5H3. The molecular weight excluding hydrogens is 251 g/mol. The number of halogens is 2. The van der Waals surface area contributed by atoms with Crippen molar-refractivity contribution in [1.82, 2.24) is 9.80 Å². The van der Waals surface area contributed by atoms with Crippen LogP contribution in [0.2, 0.25) is 0 Å². The van der Waals surface area contributed by atoms with Gasteiger partial charge in [-0.25, -0.2) is 9.18 Å². The molecule has 0 bridgehead atoms. The lowest BCUT2D eigenvalue weighted by molar-refractivity contribution is -0.183. The van der Waals surface area contributed by atoms with Crippen LogP contribution in [0.15, 0.2) is 0 Å². The monoisotopic (exact) mass is 266 g/mol. The summed E-state index contributed by atoms with van der Waals surface area (Å²) in [6.07, 6.45) is -1.44. The van der Waals surface area contributed by atoms with E-state index in [0.717, 1.165) is 4.90 Å². The molecule has 1 heterocycles. The Morgan fingerprint density at radius 3 is 2.24 bits per heavy atom. The van der Waals surface area contributed by atoms with Crippen LogP contribution in [0, 0.1) is 0 Å². The molecule has 0 aromatic carbocycles. The fraction of sp³-hybridized carbons (Fsp3) is 0.800. The molecule has 7 heteroatoms. The number of urea groups is 1. The summed E-state index contributed by atoms with van der Waals surface area (Å²) in [5.41, 5.74) is -0.734. The second kappa shape index (κ2) is 4.10. The minimum atomic E-state index is -2.77. The van der Waals surface area contributed by atoms with Crippen molar-refractivity contribution >= 4 is 23.5 Å². The summed E-state index contributed by atoms with van der Waals surface area (Å²) in [7, 11) is 2.50. The number of ether oxygens (including phenoxy) is 1. The third-order valence-corrected chi connectivity index (χ3v) is 2.65. The van der Waals surface area contributed by atoms with E-state index in [9.17, 15) is 14.0 Å². The van der Waals surface area contributed by atoms with Crippen molar-refractivity contribution in [3.63, 3.8) is 0 Å². The molecule has 2 unspecified atom stereocenters. The first-order valence-electron chi connectivity index (χ1n) is 5.09. The minimum absolute atomic E-state index is 0.634. The van der Waals surface area contributed by atoms with Crippen molar-refractivity contribution in [1.29, 1.82) is 0 Å². The minimum Gasteiger partial charge on any atom is -0.347 e. The van der Waals surface area contributed by atoms with Gasteiger partial charge in [-0.05, 0) is 20.8 Å². The molecule has 5 nitrogen and oxygen atoms in total. The zero-order valence-electron chi connectivity index (χ0n) is 10.5. The highest BCUT2D eigenvalue weighted by Crippen LogP contribution is 2.35. The van der Waals surface area contributed by atoms with Gasteiger partial charge in [0.15, 0.2) is 6.23 Å². The highest BCUT2D eigenvalue weighted by atomic mass is 35.5. The SMILES string of the molecule is CN1C(=O)N(C)C(OC(C)(C)C)C(F)(Cl)C1=O. The van der Waals surface area contributed by atoms with E-state index in [0.29, 0.717) is 4.90 Å². The van der Waals surface area contributed by atoms with Gasteiger partial charge in [0.05, 0.1) is 5.60 Å². The molecule has 2 atom stereocenters. The van der Waals surface area contributed by atoms with Gasteiger partial charge in [-0.2, -0.15) is 0 Å². The molecule has 0 aromatic rings. The smallest absolute Gasteiger partial charge is 0.328 e. The first kappa shape index (κ1) is 14.2. The number of nitrogens with zero attached hydrogens (tertiary/aromatic N) is 2. The number of imide groups is 1. The predicted molar refractivity (Wildman–Crippen MR) is 60.2 cm³/mol. The van der Waals surface area contributed by atoms with Gasteiger partial charge in [0, 0.05) is 14.1 Å². The van der Waals surface area contributed by atoms with Crippen LogP contribution in [0.1, 0.15) is 20.8 Å². The zero-order valence-corrected chi connectivity index (χ0v) is 11.2. The third-order valence-electron chi connectivity index (χ3n) is 2.31. The van der Waals surface area contributed by atoms with Crippen molar-refractivity contribution in [3.8, 4) is 0 Å². The molecule has 1 rings (SSSR count). The van der Waals surface area contributed by atoms with E-state index < -0.39 is 28.9 Å². The topological polar surface area (TPSA) is 49.9 Å². The van der Waals surface area contributed by atoms with E-state index in [1.807, 2.05) is 0 Å². The Balaban J connectivity index is 3.09. The Bertz CT molecular complexity index is 354. The van der Waals surface area contributed by atoms with Gasteiger partial charge in [-0.3, -0.25) is 14.6 Å². The van der Waals surface area contributed by atoms with E-state index in [4.69, 9.17) is 16.3 Å². The molecule has 1 aliphatic heterocycles. The molecule has 0 aromatic heterocycles. The number of amides is 3. The van der Waals surface area contributed by atoms with Crippen molar-refractivity contribution < 1.29 is 18.7 Å². The van der Waals surface area contributed by atoms with Gasteiger partial charge >= 0.3 is 11.2 Å². The average Bonchev–Trinajstić information content (AvgIpc) is 2.18. The van der Waals surface area contributed by atoms with Crippen LogP contribution in [-0.2, 0) is 9.53 Å². The van der Waals surface area contributed by atoms with Crippen LogP contribution in [-0.4, -0.2) is 52.8 Å². The Hall–Kier alpha value is -0.880. The van der Waals surface area contributed by atoms with Crippen molar-refractivity contribution in [2.24, 2.45) is 0 Å². The maximum Gasteiger partial charge on any atom is 0.328 e. The molecular formula is C10H16ClFN2O3. The van der Waals surface area contributed by atoms with E-state index in [-0.39, 0.29) is 0 Å². The van der Waals surface area contributed by atoms with Gasteiger partial charge in [0.25, 0.3) is 5.91 Å². The van der Waals surface area contributed by atoms with Gasteiger partial charge in [-0.1, -0.05) is 11.6 Å². The summed E-state index contributed by atoms with van der Waals surface area (Å²) in [5, 5.41) is -2.77. The molecule has 1 aliphatic rings. The number of carbonyl (C=O) groups excluding carboxylic acids is 2. The second-order valence-corrected chi connectivity index (χ2v) is 5.51. The van der Waals surface area contributed by atoms with Gasteiger partial charge < -0.3 is 4.74 Å². The Morgan fingerprint density at radius 1 is 1.35 bits per heavy atom. The lowest BCUT2D eigenvalue weighted by atomic mass is 10.1. The normalized spacial score (nSPS) is 31.1. The van der Waals surface area contributed by atoms with Gasteiger partial charge in [-0.15, -0.1) is 0 Å². The van der Waals surface area contributed by atoms with Crippen LogP contribution in [0.25, 0.3) is 0 Å². The van der Waals surface area contributed by atoms with E-state index >= 15 is 0 Å². The number of carbonyl (C=O) groups is 2. The molecule has 1 saturated heterocycles.